The normalized spacial score (nSPS) is 12.7. The molecule has 0 fully saturated rings. The summed E-state index contributed by atoms with van der Waals surface area (Å²) >= 11 is 0. The molecule has 0 aliphatic heterocycles. The van der Waals surface area contributed by atoms with Gasteiger partial charge in [-0.2, -0.15) is 0 Å². The Morgan fingerprint density at radius 2 is 2.27 bits per heavy atom. The highest BCUT2D eigenvalue weighted by Crippen LogP contribution is 2.21. The summed E-state index contributed by atoms with van der Waals surface area (Å²) in [6.07, 6.45) is 9.39. The van der Waals surface area contributed by atoms with Crippen LogP contribution < -0.4 is 5.73 Å². The van der Waals surface area contributed by atoms with Crippen LogP contribution in [-0.4, -0.2) is 0 Å². The van der Waals surface area contributed by atoms with Gasteiger partial charge in [0.2, 0.25) is 0 Å². The molecule has 0 spiro atoms. The topological polar surface area (TPSA) is 39.2 Å². The molecule has 1 heterocycles. The van der Waals surface area contributed by atoms with Crippen molar-refractivity contribution >= 4 is 0 Å². The molecular weight excluding hydrogens is 186 g/mol. The Hall–Kier alpha value is -1.02. The van der Waals surface area contributed by atoms with Crippen molar-refractivity contribution < 1.29 is 4.42 Å². The van der Waals surface area contributed by atoms with E-state index in [2.05, 4.69) is 6.58 Å². The Balaban J connectivity index is 2.22. The standard InChI is InChI=1S/C13H21NO/c1-3-4-5-6-7-8-12(14)13-11(2)9-10-15-13/h3,9-10,12H,1,4-8,14H2,2H3. The van der Waals surface area contributed by atoms with Gasteiger partial charge in [-0.1, -0.05) is 18.9 Å². The molecular formula is C13H21NO. The maximum absolute atomic E-state index is 6.04. The molecule has 1 rings (SSSR count). The van der Waals surface area contributed by atoms with Gasteiger partial charge in [0.05, 0.1) is 12.3 Å². The van der Waals surface area contributed by atoms with Gasteiger partial charge in [-0.3, -0.25) is 0 Å². The highest BCUT2D eigenvalue weighted by molar-refractivity contribution is 5.17. The number of hydrogen-bond donors (Lipinski definition) is 1. The maximum Gasteiger partial charge on any atom is 0.123 e. The predicted octanol–water partition coefficient (Wildman–Crippen LogP) is 3.72. The fraction of sp³-hybridized carbons (Fsp3) is 0.538. The quantitative estimate of drug-likeness (QED) is 0.546. The fourth-order valence-electron chi connectivity index (χ4n) is 1.73. The minimum atomic E-state index is 0.0590. The van der Waals surface area contributed by atoms with E-state index >= 15 is 0 Å². The summed E-state index contributed by atoms with van der Waals surface area (Å²) in [5.41, 5.74) is 7.20. The second-order valence-corrected chi connectivity index (χ2v) is 4.00. The second kappa shape index (κ2) is 6.46. The van der Waals surface area contributed by atoms with E-state index in [-0.39, 0.29) is 6.04 Å². The van der Waals surface area contributed by atoms with Crippen LogP contribution >= 0.6 is 0 Å². The van der Waals surface area contributed by atoms with Gasteiger partial charge in [-0.25, -0.2) is 0 Å². The average molecular weight is 207 g/mol. The SMILES string of the molecule is C=CCCCCCC(N)c1occc1C. The Labute approximate surface area is 92.2 Å². The van der Waals surface area contributed by atoms with E-state index in [0.717, 1.165) is 30.6 Å². The number of unbranched alkanes of at least 4 members (excludes halogenated alkanes) is 3. The van der Waals surface area contributed by atoms with Gasteiger partial charge in [0.25, 0.3) is 0 Å². The van der Waals surface area contributed by atoms with Crippen LogP contribution in [0.25, 0.3) is 0 Å². The van der Waals surface area contributed by atoms with Gasteiger partial charge in [0, 0.05) is 0 Å². The number of aryl methyl sites for hydroxylation is 1. The summed E-state index contributed by atoms with van der Waals surface area (Å²) < 4.78 is 5.36. The molecule has 0 aromatic carbocycles. The van der Waals surface area contributed by atoms with Gasteiger partial charge < -0.3 is 10.2 Å². The maximum atomic E-state index is 6.04. The lowest BCUT2D eigenvalue weighted by molar-refractivity contribution is 0.438. The van der Waals surface area contributed by atoms with Crippen LogP contribution in [-0.2, 0) is 0 Å². The van der Waals surface area contributed by atoms with Crippen LogP contribution in [0.2, 0.25) is 0 Å². The molecule has 0 amide bonds. The van der Waals surface area contributed by atoms with Crippen LogP contribution in [0.5, 0.6) is 0 Å². The lowest BCUT2D eigenvalue weighted by Gasteiger charge is -2.09. The van der Waals surface area contributed by atoms with Gasteiger partial charge in [-0.15, -0.1) is 6.58 Å². The van der Waals surface area contributed by atoms with Crippen molar-refractivity contribution in [2.45, 2.75) is 45.1 Å². The number of furan rings is 1. The van der Waals surface area contributed by atoms with Crippen molar-refractivity contribution in [1.29, 1.82) is 0 Å². The molecule has 1 aromatic heterocycles. The second-order valence-electron chi connectivity index (χ2n) is 4.00. The van der Waals surface area contributed by atoms with Crippen molar-refractivity contribution in [2.24, 2.45) is 5.73 Å². The van der Waals surface area contributed by atoms with Crippen molar-refractivity contribution in [3.8, 4) is 0 Å². The minimum Gasteiger partial charge on any atom is -0.467 e. The van der Waals surface area contributed by atoms with Crippen LogP contribution in [0, 0.1) is 6.92 Å². The lowest BCUT2D eigenvalue weighted by atomic mass is 10.0. The Bertz CT molecular complexity index is 290. The monoisotopic (exact) mass is 207 g/mol. The van der Waals surface area contributed by atoms with E-state index in [4.69, 9.17) is 10.2 Å². The Morgan fingerprint density at radius 3 is 2.87 bits per heavy atom. The molecule has 84 valence electrons. The summed E-state index contributed by atoms with van der Waals surface area (Å²) in [4.78, 5) is 0. The first-order valence-corrected chi connectivity index (χ1v) is 5.66. The molecule has 15 heavy (non-hydrogen) atoms. The van der Waals surface area contributed by atoms with E-state index in [0.29, 0.717) is 0 Å². The summed E-state index contributed by atoms with van der Waals surface area (Å²) in [7, 11) is 0. The number of allylic oxidation sites excluding steroid dienone is 1. The largest absolute Gasteiger partial charge is 0.467 e. The molecule has 1 unspecified atom stereocenters. The number of nitrogens with two attached hydrogens (primary N) is 1. The van der Waals surface area contributed by atoms with E-state index in [1.165, 1.54) is 12.8 Å². The van der Waals surface area contributed by atoms with E-state index in [1.54, 1.807) is 6.26 Å². The third-order valence-electron chi connectivity index (χ3n) is 2.66. The Kier molecular flexibility index (Phi) is 5.19. The van der Waals surface area contributed by atoms with Gasteiger partial charge in [0.15, 0.2) is 0 Å². The smallest absolute Gasteiger partial charge is 0.123 e. The number of rotatable bonds is 7. The molecule has 0 saturated carbocycles. The molecule has 0 radical (unpaired) electrons. The van der Waals surface area contributed by atoms with Crippen molar-refractivity contribution in [2.75, 3.05) is 0 Å². The van der Waals surface area contributed by atoms with E-state index in [9.17, 15) is 0 Å². The summed E-state index contributed by atoms with van der Waals surface area (Å²) in [6, 6.07) is 2.02. The minimum absolute atomic E-state index is 0.0590. The van der Waals surface area contributed by atoms with Gasteiger partial charge >= 0.3 is 0 Å². The van der Waals surface area contributed by atoms with E-state index < -0.39 is 0 Å². The van der Waals surface area contributed by atoms with Gasteiger partial charge in [-0.05, 0) is 37.8 Å². The lowest BCUT2D eigenvalue weighted by Crippen LogP contribution is -2.10. The first-order valence-electron chi connectivity index (χ1n) is 5.66. The third kappa shape index (κ3) is 3.92. The van der Waals surface area contributed by atoms with Crippen LogP contribution in [0.4, 0.5) is 0 Å². The van der Waals surface area contributed by atoms with E-state index in [1.807, 2.05) is 19.1 Å². The molecule has 1 atom stereocenters. The summed E-state index contributed by atoms with van der Waals surface area (Å²) in [5.74, 6) is 0.943. The molecule has 2 heteroatoms. The zero-order valence-corrected chi connectivity index (χ0v) is 9.54. The van der Waals surface area contributed by atoms with Crippen molar-refractivity contribution in [1.82, 2.24) is 0 Å². The number of hydrogen-bond acceptors (Lipinski definition) is 2. The fourth-order valence-corrected chi connectivity index (χ4v) is 1.73. The van der Waals surface area contributed by atoms with Gasteiger partial charge in [0.1, 0.15) is 5.76 Å². The molecule has 0 bridgehead atoms. The summed E-state index contributed by atoms with van der Waals surface area (Å²) in [6.45, 7) is 5.74. The average Bonchev–Trinajstić information content (AvgIpc) is 2.64. The molecule has 0 saturated heterocycles. The molecule has 0 aliphatic rings. The molecule has 2 nitrogen and oxygen atoms in total. The molecule has 1 aromatic rings. The zero-order valence-electron chi connectivity index (χ0n) is 9.54. The molecule has 2 N–H and O–H groups in total. The van der Waals surface area contributed by atoms with Crippen LogP contribution in [0.3, 0.4) is 0 Å². The van der Waals surface area contributed by atoms with Crippen LogP contribution in [0.15, 0.2) is 29.4 Å². The third-order valence-corrected chi connectivity index (χ3v) is 2.66. The highest BCUT2D eigenvalue weighted by Gasteiger charge is 2.11. The summed E-state index contributed by atoms with van der Waals surface area (Å²) in [5, 5.41) is 0. The van der Waals surface area contributed by atoms with Crippen molar-refractivity contribution in [3.05, 3.63) is 36.3 Å². The Morgan fingerprint density at radius 1 is 1.47 bits per heavy atom. The first kappa shape index (κ1) is 12.1. The molecule has 0 aliphatic carbocycles. The predicted molar refractivity (Wildman–Crippen MR) is 63.7 cm³/mol. The first-order chi connectivity index (χ1) is 7.25. The van der Waals surface area contributed by atoms with Crippen LogP contribution in [0.1, 0.15) is 49.5 Å². The zero-order chi connectivity index (χ0) is 11.1. The van der Waals surface area contributed by atoms with Crippen molar-refractivity contribution in [3.63, 3.8) is 0 Å². The highest BCUT2D eigenvalue weighted by atomic mass is 16.3.